The van der Waals surface area contributed by atoms with Crippen LogP contribution in [0.5, 0.6) is 0 Å². The Balaban J connectivity index is 1.52. The Morgan fingerprint density at radius 2 is 1.67 bits per heavy atom. The lowest BCUT2D eigenvalue weighted by Crippen LogP contribution is -2.48. The van der Waals surface area contributed by atoms with E-state index in [0.29, 0.717) is 6.04 Å². The normalized spacial score (nSPS) is 22.7. The quantitative estimate of drug-likeness (QED) is 0.913. The molecule has 2 aliphatic rings. The number of aliphatic hydroxyl groups is 1. The second-order valence-electron chi connectivity index (χ2n) is 6.23. The third-order valence-corrected chi connectivity index (χ3v) is 4.86. The standard InChI is InChI=1S/C16H26N4O/c1-2-13-11-17-16(18-12-13)20-7-3-14(4-8-20)19-9-5-15(21)6-10-19/h11-12,14-15,21H,2-10H2,1H3. The molecule has 2 aliphatic heterocycles. The van der Waals surface area contributed by atoms with Gasteiger partial charge in [-0.05, 0) is 37.7 Å². The van der Waals surface area contributed by atoms with E-state index in [-0.39, 0.29) is 6.10 Å². The van der Waals surface area contributed by atoms with E-state index < -0.39 is 0 Å². The summed E-state index contributed by atoms with van der Waals surface area (Å²) in [5.74, 6) is 0.875. The van der Waals surface area contributed by atoms with Crippen molar-refractivity contribution < 1.29 is 5.11 Å². The molecule has 21 heavy (non-hydrogen) atoms. The fourth-order valence-corrected chi connectivity index (χ4v) is 3.38. The maximum absolute atomic E-state index is 9.61. The van der Waals surface area contributed by atoms with Gasteiger partial charge in [0.2, 0.25) is 5.95 Å². The molecule has 1 aromatic rings. The van der Waals surface area contributed by atoms with Gasteiger partial charge in [0.15, 0.2) is 0 Å². The molecule has 5 heteroatoms. The molecule has 3 heterocycles. The van der Waals surface area contributed by atoms with Crippen molar-refractivity contribution in [3.8, 4) is 0 Å². The molecular weight excluding hydrogens is 264 g/mol. The second kappa shape index (κ2) is 6.71. The van der Waals surface area contributed by atoms with Gasteiger partial charge in [0, 0.05) is 44.6 Å². The van der Waals surface area contributed by atoms with Crippen molar-refractivity contribution in [1.29, 1.82) is 0 Å². The van der Waals surface area contributed by atoms with Crippen LogP contribution in [0.4, 0.5) is 5.95 Å². The molecular formula is C16H26N4O. The van der Waals surface area contributed by atoms with E-state index in [9.17, 15) is 5.11 Å². The molecule has 2 fully saturated rings. The molecule has 0 bridgehead atoms. The Kier molecular flexibility index (Phi) is 4.70. The Morgan fingerprint density at radius 3 is 2.24 bits per heavy atom. The highest BCUT2D eigenvalue weighted by Gasteiger charge is 2.28. The predicted molar refractivity (Wildman–Crippen MR) is 83.5 cm³/mol. The van der Waals surface area contributed by atoms with Crippen LogP contribution < -0.4 is 4.90 Å². The number of aliphatic hydroxyl groups excluding tert-OH is 1. The number of piperidine rings is 2. The Morgan fingerprint density at radius 1 is 1.05 bits per heavy atom. The van der Waals surface area contributed by atoms with Crippen molar-refractivity contribution in [1.82, 2.24) is 14.9 Å². The van der Waals surface area contributed by atoms with Gasteiger partial charge in [0.1, 0.15) is 0 Å². The van der Waals surface area contributed by atoms with Gasteiger partial charge in [-0.2, -0.15) is 0 Å². The fourth-order valence-electron chi connectivity index (χ4n) is 3.38. The van der Waals surface area contributed by atoms with Crippen LogP contribution in [0.15, 0.2) is 12.4 Å². The molecule has 0 atom stereocenters. The number of aromatic nitrogens is 2. The third kappa shape index (κ3) is 3.52. The summed E-state index contributed by atoms with van der Waals surface area (Å²) in [7, 11) is 0. The first-order chi connectivity index (χ1) is 10.3. The first kappa shape index (κ1) is 14.7. The smallest absolute Gasteiger partial charge is 0.225 e. The summed E-state index contributed by atoms with van der Waals surface area (Å²) < 4.78 is 0. The largest absolute Gasteiger partial charge is 0.393 e. The van der Waals surface area contributed by atoms with E-state index in [1.807, 2.05) is 12.4 Å². The fraction of sp³-hybridized carbons (Fsp3) is 0.750. The zero-order chi connectivity index (χ0) is 14.7. The zero-order valence-corrected chi connectivity index (χ0v) is 12.9. The molecule has 1 N–H and O–H groups in total. The van der Waals surface area contributed by atoms with E-state index in [2.05, 4.69) is 26.7 Å². The van der Waals surface area contributed by atoms with Crippen molar-refractivity contribution >= 4 is 5.95 Å². The number of rotatable bonds is 3. The topological polar surface area (TPSA) is 52.5 Å². The maximum Gasteiger partial charge on any atom is 0.225 e. The zero-order valence-electron chi connectivity index (χ0n) is 12.9. The monoisotopic (exact) mass is 290 g/mol. The van der Waals surface area contributed by atoms with Crippen LogP contribution in [-0.4, -0.2) is 58.3 Å². The summed E-state index contributed by atoms with van der Waals surface area (Å²) in [6, 6.07) is 0.670. The van der Waals surface area contributed by atoms with Gasteiger partial charge >= 0.3 is 0 Å². The average Bonchev–Trinajstić information content (AvgIpc) is 2.56. The molecule has 0 aromatic carbocycles. The van der Waals surface area contributed by atoms with Crippen LogP contribution in [0.1, 0.15) is 38.2 Å². The SMILES string of the molecule is CCc1cnc(N2CCC(N3CCC(O)CC3)CC2)nc1. The summed E-state index contributed by atoms with van der Waals surface area (Å²) in [6.07, 6.45) is 9.02. The summed E-state index contributed by atoms with van der Waals surface area (Å²) in [5, 5.41) is 9.61. The van der Waals surface area contributed by atoms with Crippen molar-refractivity contribution in [2.75, 3.05) is 31.1 Å². The molecule has 1 aromatic heterocycles. The predicted octanol–water partition coefficient (Wildman–Crippen LogP) is 1.46. The first-order valence-corrected chi connectivity index (χ1v) is 8.24. The number of hydrogen-bond acceptors (Lipinski definition) is 5. The minimum Gasteiger partial charge on any atom is -0.393 e. The van der Waals surface area contributed by atoms with Crippen LogP contribution in [0, 0.1) is 0 Å². The van der Waals surface area contributed by atoms with Crippen molar-refractivity contribution in [2.24, 2.45) is 0 Å². The molecule has 0 radical (unpaired) electrons. The highest BCUT2D eigenvalue weighted by atomic mass is 16.3. The van der Waals surface area contributed by atoms with Gasteiger partial charge in [0.05, 0.1) is 6.10 Å². The number of hydrogen-bond donors (Lipinski definition) is 1. The summed E-state index contributed by atoms with van der Waals surface area (Å²) >= 11 is 0. The number of anilines is 1. The van der Waals surface area contributed by atoms with Crippen LogP contribution in [0.2, 0.25) is 0 Å². The molecule has 0 unspecified atom stereocenters. The van der Waals surface area contributed by atoms with Gasteiger partial charge < -0.3 is 14.9 Å². The van der Waals surface area contributed by atoms with Gasteiger partial charge in [-0.25, -0.2) is 9.97 Å². The van der Waals surface area contributed by atoms with Crippen LogP contribution in [-0.2, 0) is 6.42 Å². The van der Waals surface area contributed by atoms with Crippen LogP contribution in [0.3, 0.4) is 0 Å². The summed E-state index contributed by atoms with van der Waals surface area (Å²) in [6.45, 7) is 6.30. The summed E-state index contributed by atoms with van der Waals surface area (Å²) in [5.41, 5.74) is 1.19. The van der Waals surface area contributed by atoms with E-state index in [1.165, 1.54) is 18.4 Å². The maximum atomic E-state index is 9.61. The molecule has 3 rings (SSSR count). The molecule has 0 saturated carbocycles. The van der Waals surface area contributed by atoms with Crippen molar-refractivity contribution in [3.63, 3.8) is 0 Å². The Hall–Kier alpha value is -1.20. The highest BCUT2D eigenvalue weighted by Crippen LogP contribution is 2.23. The van der Waals surface area contributed by atoms with Gasteiger partial charge in [-0.15, -0.1) is 0 Å². The third-order valence-electron chi connectivity index (χ3n) is 4.86. The van der Waals surface area contributed by atoms with Gasteiger partial charge in [-0.3, -0.25) is 0 Å². The Labute approximate surface area is 127 Å². The minimum atomic E-state index is -0.0770. The van der Waals surface area contributed by atoms with Crippen LogP contribution in [0.25, 0.3) is 0 Å². The van der Waals surface area contributed by atoms with Crippen molar-refractivity contribution in [2.45, 2.75) is 51.2 Å². The Bertz CT molecular complexity index is 434. The average molecular weight is 290 g/mol. The lowest BCUT2D eigenvalue weighted by molar-refractivity contribution is 0.0541. The molecule has 2 saturated heterocycles. The lowest BCUT2D eigenvalue weighted by atomic mass is 9.99. The first-order valence-electron chi connectivity index (χ1n) is 8.24. The number of likely N-dealkylation sites (tertiary alicyclic amines) is 1. The van der Waals surface area contributed by atoms with Gasteiger partial charge in [0.25, 0.3) is 0 Å². The number of aryl methyl sites for hydroxylation is 1. The second-order valence-corrected chi connectivity index (χ2v) is 6.23. The van der Waals surface area contributed by atoms with E-state index >= 15 is 0 Å². The van der Waals surface area contributed by atoms with E-state index in [4.69, 9.17) is 0 Å². The molecule has 0 aliphatic carbocycles. The van der Waals surface area contributed by atoms with Gasteiger partial charge in [-0.1, -0.05) is 6.92 Å². The molecule has 0 spiro atoms. The van der Waals surface area contributed by atoms with E-state index in [0.717, 1.165) is 51.4 Å². The molecule has 0 amide bonds. The lowest BCUT2D eigenvalue weighted by Gasteiger charge is -2.41. The summed E-state index contributed by atoms with van der Waals surface area (Å²) in [4.78, 5) is 13.8. The van der Waals surface area contributed by atoms with E-state index in [1.54, 1.807) is 0 Å². The molecule has 116 valence electrons. The minimum absolute atomic E-state index is 0.0770. The van der Waals surface area contributed by atoms with Crippen LogP contribution >= 0.6 is 0 Å². The van der Waals surface area contributed by atoms with Crippen molar-refractivity contribution in [3.05, 3.63) is 18.0 Å². The molecule has 5 nitrogen and oxygen atoms in total. The highest BCUT2D eigenvalue weighted by molar-refractivity contribution is 5.30. The number of nitrogens with zero attached hydrogens (tertiary/aromatic N) is 4.